The Bertz CT molecular complexity index is 891. The van der Waals surface area contributed by atoms with Gasteiger partial charge in [-0.3, -0.25) is 0 Å². The molecule has 0 radical (unpaired) electrons. The predicted octanol–water partition coefficient (Wildman–Crippen LogP) is 8.35. The molecule has 0 fully saturated rings. The van der Waals surface area contributed by atoms with Crippen molar-refractivity contribution in [2.24, 2.45) is 0 Å². The Labute approximate surface area is 182 Å². The van der Waals surface area contributed by atoms with Gasteiger partial charge in [0, 0.05) is 5.56 Å². The number of hydrogen-bond acceptors (Lipinski definition) is 0. The maximum Gasteiger partial charge on any atom is 0.131 e. The number of halogens is 1. The lowest BCUT2D eigenvalue weighted by Gasteiger charge is -2.08. The Balaban J connectivity index is 1.50. The average Bonchev–Trinajstić information content (AvgIpc) is 2.79. The van der Waals surface area contributed by atoms with Crippen LogP contribution in [0.2, 0.25) is 0 Å². The highest BCUT2D eigenvalue weighted by Crippen LogP contribution is 2.24. The summed E-state index contributed by atoms with van der Waals surface area (Å²) >= 11 is 0. The van der Waals surface area contributed by atoms with E-state index in [-0.39, 0.29) is 5.82 Å². The summed E-state index contributed by atoms with van der Waals surface area (Å²) in [6.45, 7) is 4.31. The van der Waals surface area contributed by atoms with Crippen molar-refractivity contribution >= 4 is 0 Å². The number of hydrogen-bond donors (Lipinski definition) is 0. The lowest BCUT2D eigenvalue weighted by molar-refractivity contribution is 0.629. The molecular formula is C29H35F. The minimum Gasteiger partial charge on any atom is -0.206 e. The summed E-state index contributed by atoms with van der Waals surface area (Å²) < 4.78 is 14.4. The first-order valence-corrected chi connectivity index (χ1v) is 11.6. The molecule has 0 saturated carbocycles. The molecule has 3 aromatic carbocycles. The van der Waals surface area contributed by atoms with Crippen LogP contribution in [0.1, 0.15) is 68.2 Å². The van der Waals surface area contributed by atoms with Crippen molar-refractivity contribution in [3.8, 4) is 11.1 Å². The van der Waals surface area contributed by atoms with Gasteiger partial charge >= 0.3 is 0 Å². The van der Waals surface area contributed by atoms with Crippen molar-refractivity contribution in [2.75, 3.05) is 0 Å². The van der Waals surface area contributed by atoms with Gasteiger partial charge in [0.25, 0.3) is 0 Å². The fourth-order valence-electron chi connectivity index (χ4n) is 3.96. The zero-order valence-corrected chi connectivity index (χ0v) is 18.6. The van der Waals surface area contributed by atoms with E-state index in [4.69, 9.17) is 0 Å². The van der Waals surface area contributed by atoms with E-state index >= 15 is 0 Å². The van der Waals surface area contributed by atoms with Crippen LogP contribution in [0.15, 0.2) is 66.7 Å². The molecule has 0 amide bonds. The molecule has 0 aromatic heterocycles. The summed E-state index contributed by atoms with van der Waals surface area (Å²) in [5.41, 5.74) is 6.80. The van der Waals surface area contributed by atoms with Crippen molar-refractivity contribution in [3.63, 3.8) is 0 Å². The molecule has 1 heteroatoms. The number of aryl methyl sites for hydroxylation is 4. The molecule has 3 aromatic rings. The van der Waals surface area contributed by atoms with Crippen LogP contribution in [-0.2, 0) is 25.7 Å². The first-order chi connectivity index (χ1) is 14.7. The number of rotatable bonds is 11. The van der Waals surface area contributed by atoms with Gasteiger partial charge in [0.2, 0.25) is 0 Å². The highest BCUT2D eigenvalue weighted by molar-refractivity contribution is 5.64. The summed E-state index contributed by atoms with van der Waals surface area (Å²) in [5.74, 6) is -0.132. The maximum atomic E-state index is 14.4. The zero-order chi connectivity index (χ0) is 21.2. The molecule has 0 N–H and O–H groups in total. The first-order valence-electron chi connectivity index (χ1n) is 11.6. The van der Waals surface area contributed by atoms with Crippen LogP contribution in [0.25, 0.3) is 11.1 Å². The van der Waals surface area contributed by atoms with E-state index in [0.717, 1.165) is 30.4 Å². The van der Waals surface area contributed by atoms with Gasteiger partial charge in [-0.25, -0.2) is 4.39 Å². The lowest BCUT2D eigenvalue weighted by Crippen LogP contribution is -1.93. The second kappa shape index (κ2) is 11.7. The summed E-state index contributed by atoms with van der Waals surface area (Å²) in [7, 11) is 0. The Morgan fingerprint density at radius 1 is 0.567 bits per heavy atom. The van der Waals surface area contributed by atoms with Crippen molar-refractivity contribution in [2.45, 2.75) is 71.6 Å². The Morgan fingerprint density at radius 2 is 1.10 bits per heavy atom. The van der Waals surface area contributed by atoms with E-state index in [1.165, 1.54) is 55.2 Å². The predicted molar refractivity (Wildman–Crippen MR) is 128 cm³/mol. The van der Waals surface area contributed by atoms with E-state index in [2.05, 4.69) is 43.3 Å². The van der Waals surface area contributed by atoms with Gasteiger partial charge in [-0.1, -0.05) is 100 Å². The Hall–Kier alpha value is -2.41. The normalized spacial score (nSPS) is 11.0. The molecule has 0 spiro atoms. The fraction of sp³-hybridized carbons (Fsp3) is 0.379. The minimum atomic E-state index is -0.132. The highest BCUT2D eigenvalue weighted by atomic mass is 19.1. The Kier molecular flexibility index (Phi) is 8.68. The summed E-state index contributed by atoms with van der Waals surface area (Å²) in [4.78, 5) is 0. The molecule has 0 atom stereocenters. The van der Waals surface area contributed by atoms with Crippen LogP contribution in [-0.4, -0.2) is 0 Å². The van der Waals surface area contributed by atoms with Crippen LogP contribution in [0.4, 0.5) is 4.39 Å². The molecule has 30 heavy (non-hydrogen) atoms. The number of benzene rings is 3. The van der Waals surface area contributed by atoms with Gasteiger partial charge in [0.15, 0.2) is 0 Å². The molecule has 0 nitrogen and oxygen atoms in total. The zero-order valence-electron chi connectivity index (χ0n) is 18.6. The number of unbranched alkanes of at least 4 members (excludes halogenated alkanes) is 4. The molecule has 0 bridgehead atoms. The van der Waals surface area contributed by atoms with E-state index in [1.807, 2.05) is 31.2 Å². The van der Waals surface area contributed by atoms with E-state index in [1.54, 1.807) is 6.07 Å². The highest BCUT2D eigenvalue weighted by Gasteiger charge is 2.06. The second-order valence-electron chi connectivity index (χ2n) is 8.35. The van der Waals surface area contributed by atoms with Gasteiger partial charge in [-0.2, -0.15) is 0 Å². The molecule has 0 aliphatic carbocycles. The molecule has 0 aliphatic heterocycles. The van der Waals surface area contributed by atoms with Gasteiger partial charge in [-0.15, -0.1) is 0 Å². The summed E-state index contributed by atoms with van der Waals surface area (Å²) in [5, 5.41) is 0. The quantitative estimate of drug-likeness (QED) is 0.283. The van der Waals surface area contributed by atoms with E-state index in [0.29, 0.717) is 5.56 Å². The van der Waals surface area contributed by atoms with Gasteiger partial charge in [0.05, 0.1) is 0 Å². The average molecular weight is 403 g/mol. The van der Waals surface area contributed by atoms with Crippen LogP contribution < -0.4 is 0 Å². The Morgan fingerprint density at radius 3 is 1.67 bits per heavy atom. The summed E-state index contributed by atoms with van der Waals surface area (Å²) in [6.07, 6.45) is 10.8. The fourth-order valence-corrected chi connectivity index (χ4v) is 3.96. The molecule has 0 unspecified atom stereocenters. The van der Waals surface area contributed by atoms with E-state index in [9.17, 15) is 4.39 Å². The molecule has 0 aliphatic rings. The van der Waals surface area contributed by atoms with Crippen LogP contribution in [0.5, 0.6) is 0 Å². The third-order valence-corrected chi connectivity index (χ3v) is 6.00. The molecule has 3 rings (SSSR count). The van der Waals surface area contributed by atoms with Crippen LogP contribution >= 0.6 is 0 Å². The van der Waals surface area contributed by atoms with Gasteiger partial charge in [-0.05, 0) is 66.0 Å². The molecule has 158 valence electrons. The third-order valence-electron chi connectivity index (χ3n) is 6.00. The van der Waals surface area contributed by atoms with Gasteiger partial charge in [0.1, 0.15) is 5.82 Å². The van der Waals surface area contributed by atoms with Crippen molar-refractivity contribution in [1.82, 2.24) is 0 Å². The maximum absolute atomic E-state index is 14.4. The lowest BCUT2D eigenvalue weighted by atomic mass is 9.98. The third kappa shape index (κ3) is 6.55. The van der Waals surface area contributed by atoms with Crippen LogP contribution in [0, 0.1) is 5.82 Å². The monoisotopic (exact) mass is 402 g/mol. The first kappa shape index (κ1) is 22.3. The minimum absolute atomic E-state index is 0.132. The summed E-state index contributed by atoms with van der Waals surface area (Å²) in [6, 6.07) is 23.1. The molecule has 0 heterocycles. The molecule has 0 saturated heterocycles. The van der Waals surface area contributed by atoms with Gasteiger partial charge < -0.3 is 0 Å². The van der Waals surface area contributed by atoms with Crippen molar-refractivity contribution in [1.29, 1.82) is 0 Å². The molecular weight excluding hydrogens is 367 g/mol. The second-order valence-corrected chi connectivity index (χ2v) is 8.35. The van der Waals surface area contributed by atoms with Crippen molar-refractivity contribution < 1.29 is 4.39 Å². The topological polar surface area (TPSA) is 0 Å². The standard InChI is InChI=1S/C29H35F/c1-3-5-6-7-8-9-24-10-12-25(13-11-24)14-15-26-16-19-27(20-17-26)28-21-18-23(4-2)22-29(28)30/h10-13,16-22H,3-9,14-15H2,1-2H3. The largest absolute Gasteiger partial charge is 0.206 e. The van der Waals surface area contributed by atoms with Crippen LogP contribution in [0.3, 0.4) is 0 Å². The smallest absolute Gasteiger partial charge is 0.131 e. The van der Waals surface area contributed by atoms with Crippen molar-refractivity contribution in [3.05, 3.63) is 94.8 Å². The SMILES string of the molecule is CCCCCCCc1ccc(CCc2ccc(-c3ccc(CC)cc3F)cc2)cc1. The van der Waals surface area contributed by atoms with E-state index < -0.39 is 0 Å².